The topological polar surface area (TPSA) is 59.8 Å². The second-order valence-electron chi connectivity index (χ2n) is 5.08. The zero-order valence-corrected chi connectivity index (χ0v) is 11.1. The van der Waals surface area contributed by atoms with E-state index in [1.165, 1.54) is 5.69 Å². The first-order chi connectivity index (χ1) is 9.33. The summed E-state index contributed by atoms with van der Waals surface area (Å²) in [7, 11) is 0. The number of hydrogen-bond acceptors (Lipinski definition) is 5. The van der Waals surface area contributed by atoms with Crippen molar-refractivity contribution >= 4 is 17.1 Å². The van der Waals surface area contributed by atoms with Gasteiger partial charge < -0.3 is 25.4 Å². The van der Waals surface area contributed by atoms with Crippen molar-refractivity contribution in [2.45, 2.75) is 12.5 Å². The van der Waals surface area contributed by atoms with E-state index in [9.17, 15) is 0 Å². The molecule has 19 heavy (non-hydrogen) atoms. The molecular weight excluding hydrogens is 242 g/mol. The summed E-state index contributed by atoms with van der Waals surface area (Å²) in [5.41, 5.74) is 9.13. The van der Waals surface area contributed by atoms with Gasteiger partial charge in [-0.05, 0) is 24.6 Å². The third-order valence-electron chi connectivity index (χ3n) is 3.70. The highest BCUT2D eigenvalue weighted by Gasteiger charge is 2.17. The second kappa shape index (κ2) is 5.67. The van der Waals surface area contributed by atoms with E-state index in [4.69, 9.17) is 15.2 Å². The third-order valence-corrected chi connectivity index (χ3v) is 3.70. The van der Waals surface area contributed by atoms with E-state index in [1.54, 1.807) is 0 Å². The van der Waals surface area contributed by atoms with Crippen molar-refractivity contribution in [1.82, 2.24) is 0 Å². The molecule has 0 spiro atoms. The molecule has 5 heteroatoms. The summed E-state index contributed by atoms with van der Waals surface area (Å²) in [6.07, 6.45) is 1.05. The molecule has 1 atom stereocenters. The molecule has 0 saturated carbocycles. The van der Waals surface area contributed by atoms with Crippen molar-refractivity contribution in [2.24, 2.45) is 0 Å². The molecule has 0 amide bonds. The smallest absolute Gasteiger partial charge is 0.0668 e. The van der Waals surface area contributed by atoms with Gasteiger partial charge in [0.1, 0.15) is 0 Å². The fourth-order valence-electron chi connectivity index (χ4n) is 2.57. The van der Waals surface area contributed by atoms with Crippen molar-refractivity contribution < 1.29 is 9.47 Å². The molecule has 2 aliphatic rings. The van der Waals surface area contributed by atoms with Crippen LogP contribution in [0.1, 0.15) is 6.42 Å². The Hall–Kier alpha value is -1.46. The van der Waals surface area contributed by atoms with Gasteiger partial charge in [0, 0.05) is 25.4 Å². The van der Waals surface area contributed by atoms with Gasteiger partial charge in [0.25, 0.3) is 0 Å². The van der Waals surface area contributed by atoms with Crippen LogP contribution >= 0.6 is 0 Å². The third kappa shape index (κ3) is 2.93. The van der Waals surface area contributed by atoms with Crippen LogP contribution in [-0.2, 0) is 9.47 Å². The highest BCUT2D eigenvalue weighted by atomic mass is 16.5. The highest BCUT2D eigenvalue weighted by Crippen LogP contribution is 2.27. The minimum atomic E-state index is 0.386. The lowest BCUT2D eigenvalue weighted by Crippen LogP contribution is -2.36. The van der Waals surface area contributed by atoms with Crippen molar-refractivity contribution in [1.29, 1.82) is 0 Å². The van der Waals surface area contributed by atoms with Gasteiger partial charge in [-0.25, -0.2) is 0 Å². The average molecular weight is 263 g/mol. The minimum absolute atomic E-state index is 0.386. The number of ether oxygens (including phenoxy) is 2. The number of morpholine rings is 1. The van der Waals surface area contributed by atoms with Crippen molar-refractivity contribution in [2.75, 3.05) is 55.5 Å². The van der Waals surface area contributed by atoms with Crippen molar-refractivity contribution in [3.63, 3.8) is 0 Å². The van der Waals surface area contributed by atoms with Crippen molar-refractivity contribution in [3.05, 3.63) is 18.2 Å². The lowest BCUT2D eigenvalue weighted by atomic mass is 10.2. The van der Waals surface area contributed by atoms with E-state index in [-0.39, 0.29) is 0 Å². The number of nitrogens with one attached hydrogen (secondary N) is 1. The summed E-state index contributed by atoms with van der Waals surface area (Å²) < 4.78 is 10.7. The van der Waals surface area contributed by atoms with Gasteiger partial charge in [0.2, 0.25) is 0 Å². The molecule has 3 rings (SSSR count). The van der Waals surface area contributed by atoms with Crippen LogP contribution in [0.5, 0.6) is 0 Å². The van der Waals surface area contributed by atoms with Crippen LogP contribution in [0.4, 0.5) is 17.1 Å². The van der Waals surface area contributed by atoms with E-state index in [0.717, 1.165) is 57.3 Å². The molecule has 1 aromatic rings. The molecule has 2 heterocycles. The summed E-state index contributed by atoms with van der Waals surface area (Å²) in [4.78, 5) is 2.31. The average Bonchev–Trinajstić information content (AvgIpc) is 2.95. The van der Waals surface area contributed by atoms with E-state index < -0.39 is 0 Å². The Morgan fingerprint density at radius 1 is 1.16 bits per heavy atom. The Kier molecular flexibility index (Phi) is 3.75. The number of nitrogens with two attached hydrogens (primary N) is 1. The summed E-state index contributed by atoms with van der Waals surface area (Å²) in [5, 5.41) is 3.45. The number of hydrogen-bond donors (Lipinski definition) is 2. The molecule has 5 nitrogen and oxygen atoms in total. The van der Waals surface area contributed by atoms with Crippen LogP contribution in [0.25, 0.3) is 0 Å². The molecule has 0 bridgehead atoms. The molecule has 2 aliphatic heterocycles. The Labute approximate surface area is 113 Å². The lowest BCUT2D eigenvalue weighted by molar-refractivity contribution is 0.122. The summed E-state index contributed by atoms with van der Waals surface area (Å²) >= 11 is 0. The summed E-state index contributed by atoms with van der Waals surface area (Å²) in [5.74, 6) is 0. The molecule has 2 fully saturated rings. The van der Waals surface area contributed by atoms with Crippen molar-refractivity contribution in [3.8, 4) is 0 Å². The zero-order valence-electron chi connectivity index (χ0n) is 11.1. The van der Waals surface area contributed by atoms with Gasteiger partial charge in [0.15, 0.2) is 0 Å². The van der Waals surface area contributed by atoms with E-state index in [0.29, 0.717) is 6.04 Å². The quantitative estimate of drug-likeness (QED) is 0.805. The van der Waals surface area contributed by atoms with Gasteiger partial charge in [-0.3, -0.25) is 0 Å². The standard InChI is InChI=1S/C14H21N3O2/c15-13-9-12(17-4-7-18-8-5-17)1-2-14(13)16-11-3-6-19-10-11/h1-2,9,11,16H,3-8,10,15H2. The number of anilines is 3. The van der Waals surface area contributed by atoms with Gasteiger partial charge in [-0.15, -0.1) is 0 Å². The first-order valence-corrected chi connectivity index (χ1v) is 6.89. The number of benzene rings is 1. The second-order valence-corrected chi connectivity index (χ2v) is 5.08. The fourth-order valence-corrected chi connectivity index (χ4v) is 2.57. The van der Waals surface area contributed by atoms with Crippen LogP contribution in [0.3, 0.4) is 0 Å². The predicted octanol–water partition coefficient (Wildman–Crippen LogP) is 1.31. The Morgan fingerprint density at radius 2 is 2.00 bits per heavy atom. The number of nitrogen functional groups attached to an aromatic ring is 1. The first kappa shape index (κ1) is 12.6. The van der Waals surface area contributed by atoms with E-state index in [2.05, 4.69) is 22.3 Å². The molecule has 1 unspecified atom stereocenters. The predicted molar refractivity (Wildman–Crippen MR) is 76.7 cm³/mol. The fraction of sp³-hybridized carbons (Fsp3) is 0.571. The van der Waals surface area contributed by atoms with Gasteiger partial charge in [0.05, 0.1) is 37.2 Å². The SMILES string of the molecule is Nc1cc(N2CCOCC2)ccc1NC1CCOC1. The lowest BCUT2D eigenvalue weighted by Gasteiger charge is -2.29. The normalized spacial score (nSPS) is 23.6. The molecule has 3 N–H and O–H groups in total. The molecule has 104 valence electrons. The van der Waals surface area contributed by atoms with Crippen LogP contribution in [0.2, 0.25) is 0 Å². The van der Waals surface area contributed by atoms with Crippen LogP contribution < -0.4 is 16.0 Å². The maximum absolute atomic E-state index is 6.14. The van der Waals surface area contributed by atoms with Gasteiger partial charge >= 0.3 is 0 Å². The molecule has 0 aromatic heterocycles. The van der Waals surface area contributed by atoms with Crippen LogP contribution in [-0.4, -0.2) is 45.6 Å². The highest BCUT2D eigenvalue weighted by molar-refractivity contribution is 5.72. The Balaban J connectivity index is 1.69. The number of rotatable bonds is 3. The first-order valence-electron chi connectivity index (χ1n) is 6.89. The van der Waals surface area contributed by atoms with E-state index in [1.807, 2.05) is 6.07 Å². The maximum Gasteiger partial charge on any atom is 0.0668 e. The Bertz CT molecular complexity index is 427. The number of nitrogens with zero attached hydrogens (tertiary/aromatic N) is 1. The molecule has 0 aliphatic carbocycles. The largest absolute Gasteiger partial charge is 0.397 e. The van der Waals surface area contributed by atoms with Crippen LogP contribution in [0.15, 0.2) is 18.2 Å². The molecule has 0 radical (unpaired) electrons. The zero-order chi connectivity index (χ0) is 13.1. The monoisotopic (exact) mass is 263 g/mol. The van der Waals surface area contributed by atoms with Crippen LogP contribution in [0, 0.1) is 0 Å². The molecule has 1 aromatic carbocycles. The Morgan fingerprint density at radius 3 is 2.68 bits per heavy atom. The van der Waals surface area contributed by atoms with Gasteiger partial charge in [-0.1, -0.05) is 0 Å². The summed E-state index contributed by atoms with van der Waals surface area (Å²) in [6.45, 7) is 5.05. The summed E-state index contributed by atoms with van der Waals surface area (Å²) in [6, 6.07) is 6.62. The van der Waals surface area contributed by atoms with E-state index >= 15 is 0 Å². The molecule has 2 saturated heterocycles. The minimum Gasteiger partial charge on any atom is -0.397 e. The van der Waals surface area contributed by atoms with Gasteiger partial charge in [-0.2, -0.15) is 0 Å². The molecular formula is C14H21N3O2. The maximum atomic E-state index is 6.14.